The van der Waals surface area contributed by atoms with E-state index in [2.05, 4.69) is 14.7 Å². The van der Waals surface area contributed by atoms with E-state index in [0.717, 1.165) is 12.1 Å². The van der Waals surface area contributed by atoms with Crippen molar-refractivity contribution >= 4 is 5.78 Å². The van der Waals surface area contributed by atoms with Gasteiger partial charge < -0.3 is 4.74 Å². The zero-order chi connectivity index (χ0) is 17.9. The molecule has 1 aromatic carbocycles. The molecule has 24 heavy (non-hydrogen) atoms. The van der Waals surface area contributed by atoms with Crippen molar-refractivity contribution in [2.75, 3.05) is 0 Å². The summed E-state index contributed by atoms with van der Waals surface area (Å²) in [6.45, 7) is 3.38. The van der Waals surface area contributed by atoms with Gasteiger partial charge in [0, 0.05) is 17.0 Å². The van der Waals surface area contributed by atoms with Crippen molar-refractivity contribution in [2.45, 2.75) is 26.1 Å². The van der Waals surface area contributed by atoms with Crippen molar-refractivity contribution in [2.24, 2.45) is 0 Å². The third-order valence-electron chi connectivity index (χ3n) is 3.00. The van der Waals surface area contributed by atoms with Gasteiger partial charge in [0.05, 0.1) is 6.07 Å². The Bertz CT molecular complexity index is 793. The quantitative estimate of drug-likeness (QED) is 0.800. The summed E-state index contributed by atoms with van der Waals surface area (Å²) in [4.78, 5) is 20.6. The van der Waals surface area contributed by atoms with Gasteiger partial charge in [-0.25, -0.2) is 9.97 Å². The van der Waals surface area contributed by atoms with E-state index in [-0.39, 0.29) is 11.4 Å². The van der Waals surface area contributed by atoms with Crippen LogP contribution >= 0.6 is 0 Å². The van der Waals surface area contributed by atoms with E-state index >= 15 is 0 Å². The average Bonchev–Trinajstić information content (AvgIpc) is 2.45. The Balaban J connectivity index is 2.35. The summed E-state index contributed by atoms with van der Waals surface area (Å²) in [5.74, 6) is -2.53. The average molecular weight is 335 g/mol. The number of ketones is 1. The summed E-state index contributed by atoms with van der Waals surface area (Å²) in [5, 5.41) is 9.29. The molecule has 0 bridgehead atoms. The second-order valence-electron chi connectivity index (χ2n) is 5.01. The lowest BCUT2D eigenvalue weighted by Crippen LogP contribution is -2.18. The predicted octanol–water partition coefficient (Wildman–Crippen LogP) is 3.48. The molecule has 5 nitrogen and oxygen atoms in total. The van der Waals surface area contributed by atoms with E-state index in [0.29, 0.717) is 11.4 Å². The number of aromatic nitrogens is 2. The van der Waals surface area contributed by atoms with E-state index < -0.39 is 23.8 Å². The van der Waals surface area contributed by atoms with Crippen LogP contribution < -0.4 is 4.74 Å². The Morgan fingerprint density at radius 1 is 1.21 bits per heavy atom. The largest absolute Gasteiger partial charge is 0.573 e. The molecule has 1 heterocycles. The van der Waals surface area contributed by atoms with Crippen molar-refractivity contribution in [1.82, 2.24) is 9.97 Å². The molecule has 0 aliphatic carbocycles. The number of hydrogen-bond donors (Lipinski definition) is 0. The first-order valence-electron chi connectivity index (χ1n) is 6.81. The predicted molar refractivity (Wildman–Crippen MR) is 77.3 cm³/mol. The third kappa shape index (κ3) is 4.29. The number of aryl methyl sites for hydroxylation is 2. The fraction of sp³-hybridized carbons (Fsp3) is 0.250. The van der Waals surface area contributed by atoms with E-state index in [1.54, 1.807) is 26.0 Å². The summed E-state index contributed by atoms with van der Waals surface area (Å²) < 4.78 is 40.6. The molecule has 0 radical (unpaired) electrons. The van der Waals surface area contributed by atoms with Gasteiger partial charge in [0.15, 0.2) is 17.5 Å². The van der Waals surface area contributed by atoms with E-state index in [1.807, 2.05) is 0 Å². The first kappa shape index (κ1) is 17.4. The minimum absolute atomic E-state index is 0.0159. The molecule has 0 aliphatic heterocycles. The molecule has 124 valence electrons. The van der Waals surface area contributed by atoms with Crippen LogP contribution in [0.4, 0.5) is 13.2 Å². The maximum atomic E-state index is 12.5. The van der Waals surface area contributed by atoms with E-state index in [1.165, 1.54) is 12.1 Å². The summed E-state index contributed by atoms with van der Waals surface area (Å²) in [6.07, 6.45) is -4.87. The SMILES string of the molecule is Cc1cc(C)nc(C(C#N)C(=O)c2cccc(OC(F)(F)F)c2)n1. The Hall–Kier alpha value is -2.95. The molecule has 0 amide bonds. The van der Waals surface area contributed by atoms with Gasteiger partial charge in [-0.05, 0) is 32.0 Å². The van der Waals surface area contributed by atoms with Gasteiger partial charge in [-0.1, -0.05) is 12.1 Å². The van der Waals surface area contributed by atoms with Crippen molar-refractivity contribution in [3.63, 3.8) is 0 Å². The second-order valence-corrected chi connectivity index (χ2v) is 5.01. The Morgan fingerprint density at radius 3 is 2.38 bits per heavy atom. The van der Waals surface area contributed by atoms with Crippen LogP contribution in [0.1, 0.15) is 33.5 Å². The minimum atomic E-state index is -4.87. The summed E-state index contributed by atoms with van der Waals surface area (Å²) in [5.41, 5.74) is 1.07. The minimum Gasteiger partial charge on any atom is -0.406 e. The summed E-state index contributed by atoms with van der Waals surface area (Å²) in [7, 11) is 0. The third-order valence-corrected chi connectivity index (χ3v) is 3.00. The molecule has 0 N–H and O–H groups in total. The van der Waals surface area contributed by atoms with Crippen molar-refractivity contribution in [3.05, 3.63) is 53.1 Å². The number of carbonyl (C=O) groups excluding carboxylic acids is 1. The topological polar surface area (TPSA) is 75.9 Å². The zero-order valence-electron chi connectivity index (χ0n) is 12.8. The first-order chi connectivity index (χ1) is 11.2. The van der Waals surface area contributed by atoms with Gasteiger partial charge in [0.1, 0.15) is 5.75 Å². The lowest BCUT2D eigenvalue weighted by Gasteiger charge is -2.11. The molecule has 0 spiro atoms. The summed E-state index contributed by atoms with van der Waals surface area (Å²) in [6, 6.07) is 8.03. The van der Waals surface area contributed by atoms with Crippen LogP contribution in [0.3, 0.4) is 0 Å². The molecular formula is C16H12F3N3O2. The van der Waals surface area contributed by atoms with Crippen molar-refractivity contribution < 1.29 is 22.7 Å². The number of ether oxygens (including phenoxy) is 1. The number of nitriles is 1. The molecule has 8 heteroatoms. The van der Waals surface area contributed by atoms with Gasteiger partial charge in [-0.3, -0.25) is 4.79 Å². The fourth-order valence-corrected chi connectivity index (χ4v) is 2.13. The first-order valence-corrected chi connectivity index (χ1v) is 6.81. The number of hydrogen-bond acceptors (Lipinski definition) is 5. The van der Waals surface area contributed by atoms with Gasteiger partial charge in [0.25, 0.3) is 0 Å². The number of carbonyl (C=O) groups is 1. The Morgan fingerprint density at radius 2 is 1.83 bits per heavy atom. The Labute approximate surface area is 135 Å². The lowest BCUT2D eigenvalue weighted by atomic mass is 9.97. The molecule has 1 aromatic heterocycles. The molecule has 0 fully saturated rings. The van der Waals surface area contributed by atoms with Crippen molar-refractivity contribution in [3.8, 4) is 11.8 Å². The molecule has 0 saturated carbocycles. The van der Waals surface area contributed by atoms with Crippen LogP contribution in [0.5, 0.6) is 5.75 Å². The highest BCUT2D eigenvalue weighted by molar-refractivity contribution is 6.02. The molecular weight excluding hydrogens is 323 g/mol. The number of rotatable bonds is 4. The summed E-state index contributed by atoms with van der Waals surface area (Å²) >= 11 is 0. The van der Waals surface area contributed by atoms with Crippen LogP contribution in [0.15, 0.2) is 30.3 Å². The number of Topliss-reactive ketones (excluding diaryl/α,β-unsaturated/α-hetero) is 1. The standard InChI is InChI=1S/C16H12F3N3O2/c1-9-6-10(2)22-15(21-9)13(8-20)14(23)11-4-3-5-12(7-11)24-16(17,18)19/h3-7,13H,1-2H3. The molecule has 0 saturated heterocycles. The normalized spacial score (nSPS) is 12.3. The zero-order valence-corrected chi connectivity index (χ0v) is 12.8. The highest BCUT2D eigenvalue weighted by atomic mass is 19.4. The second kappa shape index (κ2) is 6.66. The molecule has 2 aromatic rings. The smallest absolute Gasteiger partial charge is 0.406 e. The van der Waals surface area contributed by atoms with Crippen molar-refractivity contribution in [1.29, 1.82) is 5.26 Å². The van der Waals surface area contributed by atoms with E-state index in [9.17, 15) is 23.2 Å². The Kier molecular flexibility index (Phi) is 4.83. The molecule has 1 unspecified atom stereocenters. The van der Waals surface area contributed by atoms with Crippen LogP contribution in [0.2, 0.25) is 0 Å². The number of alkyl halides is 3. The highest BCUT2D eigenvalue weighted by Crippen LogP contribution is 2.25. The van der Waals surface area contributed by atoms with Crippen LogP contribution in [0, 0.1) is 25.2 Å². The molecule has 0 aliphatic rings. The van der Waals surface area contributed by atoms with E-state index in [4.69, 9.17) is 0 Å². The number of benzene rings is 1. The van der Waals surface area contributed by atoms with Crippen LogP contribution in [-0.2, 0) is 0 Å². The highest BCUT2D eigenvalue weighted by Gasteiger charge is 2.32. The maximum absolute atomic E-state index is 12.5. The van der Waals surface area contributed by atoms with Gasteiger partial charge in [-0.15, -0.1) is 13.2 Å². The van der Waals surface area contributed by atoms with Gasteiger partial charge >= 0.3 is 6.36 Å². The van der Waals surface area contributed by atoms with Gasteiger partial charge in [0.2, 0.25) is 0 Å². The number of nitrogens with zero attached hydrogens (tertiary/aromatic N) is 3. The van der Waals surface area contributed by atoms with Gasteiger partial charge in [-0.2, -0.15) is 5.26 Å². The molecule has 2 rings (SSSR count). The monoisotopic (exact) mass is 335 g/mol. The lowest BCUT2D eigenvalue weighted by molar-refractivity contribution is -0.274. The fourth-order valence-electron chi connectivity index (χ4n) is 2.13. The van der Waals surface area contributed by atoms with Crippen LogP contribution in [0.25, 0.3) is 0 Å². The number of halogens is 3. The molecule has 1 atom stereocenters. The maximum Gasteiger partial charge on any atom is 0.573 e. The van der Waals surface area contributed by atoms with Crippen LogP contribution in [-0.4, -0.2) is 22.1 Å².